The Morgan fingerprint density at radius 2 is 0.786 bits per heavy atom. The predicted octanol–water partition coefficient (Wildman–Crippen LogP) is 19.5. The van der Waals surface area contributed by atoms with Gasteiger partial charge in [0.1, 0.15) is 11.2 Å². The number of para-hydroxylation sites is 2. The lowest BCUT2D eigenvalue weighted by Gasteiger charge is -2.29. The van der Waals surface area contributed by atoms with Gasteiger partial charge in [0.15, 0.2) is 0 Å². The van der Waals surface area contributed by atoms with Gasteiger partial charge in [-0.2, -0.15) is 0 Å². The Labute approximate surface area is 405 Å². The fourth-order valence-electron chi connectivity index (χ4n) is 11.2. The molecule has 0 aliphatic rings. The van der Waals surface area contributed by atoms with Crippen LogP contribution in [0.25, 0.3) is 120 Å². The van der Waals surface area contributed by atoms with Crippen LogP contribution < -0.4 is 4.90 Å². The Kier molecular flexibility index (Phi) is 9.25. The summed E-state index contributed by atoms with van der Waals surface area (Å²) in [5, 5.41) is 14.6. The van der Waals surface area contributed by atoms with Crippen molar-refractivity contribution in [2.45, 2.75) is 0 Å². The molecule has 0 aliphatic heterocycles. The van der Waals surface area contributed by atoms with Gasteiger partial charge in [0.05, 0.1) is 16.8 Å². The fraction of sp³-hybridized carbons (Fsp3) is 0. The number of anilines is 3. The molecule has 0 unspecified atom stereocenters. The molecule has 14 rings (SSSR count). The normalized spacial score (nSPS) is 11.7. The van der Waals surface area contributed by atoms with Crippen molar-refractivity contribution in [3.8, 4) is 44.5 Å². The molecule has 0 bridgehead atoms. The number of nitrogens with zero attached hydrogens (tertiary/aromatic N) is 1. The summed E-state index contributed by atoms with van der Waals surface area (Å²) in [6, 6.07) is 95.0. The van der Waals surface area contributed by atoms with Crippen molar-refractivity contribution in [2.75, 3.05) is 4.90 Å². The van der Waals surface area contributed by atoms with Gasteiger partial charge in [0.25, 0.3) is 0 Å². The van der Waals surface area contributed by atoms with Crippen molar-refractivity contribution in [1.29, 1.82) is 0 Å². The Morgan fingerprint density at radius 1 is 0.257 bits per heavy atom. The zero-order valence-electron chi connectivity index (χ0n) is 38.2. The Morgan fingerprint density at radius 3 is 1.51 bits per heavy atom. The van der Waals surface area contributed by atoms with Gasteiger partial charge in [-0.05, 0) is 142 Å². The summed E-state index contributed by atoms with van der Waals surface area (Å²) in [6.45, 7) is 0. The highest BCUT2D eigenvalue weighted by molar-refractivity contribution is 6.26. The molecule has 0 saturated carbocycles. The maximum absolute atomic E-state index is 7.10. The van der Waals surface area contributed by atoms with E-state index in [1.165, 1.54) is 70.6 Å². The van der Waals surface area contributed by atoms with Gasteiger partial charge in [-0.3, -0.25) is 0 Å². The quantitative estimate of drug-likeness (QED) is 0.148. The first-order valence-corrected chi connectivity index (χ1v) is 24.1. The van der Waals surface area contributed by atoms with Gasteiger partial charge in [-0.25, -0.2) is 0 Å². The number of furan rings is 1. The van der Waals surface area contributed by atoms with Crippen LogP contribution in [0, 0.1) is 0 Å². The van der Waals surface area contributed by atoms with Gasteiger partial charge in [0, 0.05) is 22.2 Å². The molecule has 13 aromatic carbocycles. The maximum atomic E-state index is 7.10. The van der Waals surface area contributed by atoms with E-state index in [9.17, 15) is 0 Å². The summed E-state index contributed by atoms with van der Waals surface area (Å²) in [5.41, 5.74) is 14.1. The van der Waals surface area contributed by atoms with Crippen molar-refractivity contribution >= 4 is 92.9 Å². The highest BCUT2D eigenvalue weighted by Crippen LogP contribution is 2.50. The SMILES string of the molecule is c1ccc(-c2cccc(-c3ccc(N(c4ccccc4-c4ccc5c6ccccc6c6ccccc6c5c4)c4ccc(-c5cc6ccccc6c6ccccc56)c5oc6ccccc6c45)cc3)c2)cc1. The molecule has 2 nitrogen and oxygen atoms in total. The van der Waals surface area contributed by atoms with E-state index in [1.807, 2.05) is 0 Å². The van der Waals surface area contributed by atoms with E-state index in [0.29, 0.717) is 0 Å². The molecule has 0 radical (unpaired) electrons. The van der Waals surface area contributed by atoms with Crippen LogP contribution >= 0.6 is 0 Å². The smallest absolute Gasteiger partial charge is 0.145 e. The lowest BCUT2D eigenvalue weighted by molar-refractivity contribution is 0.670. The van der Waals surface area contributed by atoms with E-state index in [4.69, 9.17) is 4.42 Å². The highest BCUT2D eigenvalue weighted by atomic mass is 16.3. The molecule has 326 valence electrons. The van der Waals surface area contributed by atoms with E-state index in [-0.39, 0.29) is 0 Å². The third-order valence-corrected chi connectivity index (χ3v) is 14.4. The van der Waals surface area contributed by atoms with Gasteiger partial charge in [-0.15, -0.1) is 0 Å². The summed E-state index contributed by atoms with van der Waals surface area (Å²) < 4.78 is 7.10. The fourth-order valence-corrected chi connectivity index (χ4v) is 11.2. The second-order valence-corrected chi connectivity index (χ2v) is 18.3. The minimum absolute atomic E-state index is 0.854. The number of hydrogen-bond acceptors (Lipinski definition) is 2. The molecular formula is C68H43NO. The summed E-state index contributed by atoms with van der Waals surface area (Å²) in [5.74, 6) is 0. The van der Waals surface area contributed by atoms with Crippen LogP contribution in [0.4, 0.5) is 17.1 Å². The monoisotopic (exact) mass is 889 g/mol. The molecule has 1 heterocycles. The van der Waals surface area contributed by atoms with Gasteiger partial charge in [0.2, 0.25) is 0 Å². The summed E-state index contributed by atoms with van der Waals surface area (Å²) in [6.07, 6.45) is 0. The largest absolute Gasteiger partial charge is 0.455 e. The van der Waals surface area contributed by atoms with Crippen molar-refractivity contribution in [2.24, 2.45) is 0 Å². The number of rotatable bonds is 7. The van der Waals surface area contributed by atoms with Crippen LogP contribution in [0.2, 0.25) is 0 Å². The van der Waals surface area contributed by atoms with Crippen LogP contribution in [0.15, 0.2) is 265 Å². The maximum Gasteiger partial charge on any atom is 0.145 e. The number of benzene rings is 13. The molecule has 14 aromatic rings. The zero-order valence-corrected chi connectivity index (χ0v) is 38.2. The van der Waals surface area contributed by atoms with Crippen molar-refractivity contribution in [3.63, 3.8) is 0 Å². The van der Waals surface area contributed by atoms with Crippen LogP contribution in [-0.2, 0) is 0 Å². The van der Waals surface area contributed by atoms with E-state index in [0.717, 1.165) is 66.8 Å². The van der Waals surface area contributed by atoms with Crippen LogP contribution in [0.1, 0.15) is 0 Å². The first-order chi connectivity index (χ1) is 34.7. The van der Waals surface area contributed by atoms with Crippen LogP contribution in [0.5, 0.6) is 0 Å². The third kappa shape index (κ3) is 6.42. The average molecular weight is 890 g/mol. The molecule has 0 amide bonds. The second kappa shape index (κ2) is 16.2. The summed E-state index contributed by atoms with van der Waals surface area (Å²) in [7, 11) is 0. The molecule has 0 fully saturated rings. The minimum Gasteiger partial charge on any atom is -0.455 e. The molecular weight excluding hydrogens is 847 g/mol. The van der Waals surface area contributed by atoms with E-state index < -0.39 is 0 Å². The van der Waals surface area contributed by atoms with Crippen molar-refractivity contribution in [1.82, 2.24) is 0 Å². The third-order valence-electron chi connectivity index (χ3n) is 14.4. The highest BCUT2D eigenvalue weighted by Gasteiger charge is 2.25. The molecule has 0 saturated heterocycles. The van der Waals surface area contributed by atoms with E-state index in [2.05, 4.69) is 266 Å². The van der Waals surface area contributed by atoms with Crippen LogP contribution in [-0.4, -0.2) is 0 Å². The summed E-state index contributed by atoms with van der Waals surface area (Å²) >= 11 is 0. The van der Waals surface area contributed by atoms with Crippen molar-refractivity contribution in [3.05, 3.63) is 261 Å². The average Bonchev–Trinajstić information content (AvgIpc) is 3.84. The van der Waals surface area contributed by atoms with Gasteiger partial charge < -0.3 is 9.32 Å². The molecule has 1 aromatic heterocycles. The molecule has 70 heavy (non-hydrogen) atoms. The molecule has 0 spiro atoms. The Bertz CT molecular complexity index is 4320. The molecule has 0 aliphatic carbocycles. The second-order valence-electron chi connectivity index (χ2n) is 18.3. The minimum atomic E-state index is 0.854. The summed E-state index contributed by atoms with van der Waals surface area (Å²) in [4.78, 5) is 2.45. The van der Waals surface area contributed by atoms with Gasteiger partial charge >= 0.3 is 0 Å². The lowest BCUT2D eigenvalue weighted by Crippen LogP contribution is -2.11. The zero-order chi connectivity index (χ0) is 46.1. The lowest BCUT2D eigenvalue weighted by atomic mass is 9.91. The Balaban J connectivity index is 1.01. The first kappa shape index (κ1) is 39.9. The standard InChI is InChI=1S/C68H43NO/c1-2-17-44(18-3-1)46-20-16-21-47(41-46)45-33-36-50(37-34-45)69(64-31-14-12-23-52(64)49-35-38-59-56-27-8-7-25-54(56)55-26-9-11-29-58(55)62(59)43-49)65-40-39-60(68-67(65)61-30-13-15-32-66(61)70-68)63-42-48-19-4-5-22-51(48)53-24-6-10-28-57(53)63/h1-43H. The predicted molar refractivity (Wildman–Crippen MR) is 298 cm³/mol. The topological polar surface area (TPSA) is 16.4 Å². The first-order valence-electron chi connectivity index (χ1n) is 24.1. The van der Waals surface area contributed by atoms with E-state index >= 15 is 0 Å². The number of fused-ring (bicyclic) bond motifs is 12. The molecule has 0 N–H and O–H groups in total. The molecule has 2 heteroatoms. The van der Waals surface area contributed by atoms with Crippen molar-refractivity contribution < 1.29 is 4.42 Å². The number of hydrogen-bond donors (Lipinski definition) is 0. The van der Waals surface area contributed by atoms with Gasteiger partial charge in [-0.1, -0.05) is 206 Å². The van der Waals surface area contributed by atoms with E-state index in [1.54, 1.807) is 0 Å². The Hall–Kier alpha value is -9.24. The van der Waals surface area contributed by atoms with Crippen LogP contribution in [0.3, 0.4) is 0 Å². The molecule has 0 atom stereocenters.